The summed E-state index contributed by atoms with van der Waals surface area (Å²) in [5.41, 5.74) is 3.61. The monoisotopic (exact) mass is 287 g/mol. The molecule has 1 heterocycles. The van der Waals surface area contributed by atoms with Crippen molar-refractivity contribution in [3.8, 4) is 5.75 Å². The van der Waals surface area contributed by atoms with Gasteiger partial charge in [0.05, 0.1) is 7.11 Å². The van der Waals surface area contributed by atoms with E-state index in [0.717, 1.165) is 12.2 Å². The summed E-state index contributed by atoms with van der Waals surface area (Å²) in [5, 5.41) is 3.74. The van der Waals surface area contributed by atoms with Crippen LogP contribution in [0.3, 0.4) is 0 Å². The van der Waals surface area contributed by atoms with E-state index < -0.39 is 0 Å². The summed E-state index contributed by atoms with van der Waals surface area (Å²) < 4.78 is 5.59. The molecule has 0 aliphatic carbocycles. The van der Waals surface area contributed by atoms with Crippen LogP contribution in [0.1, 0.15) is 11.3 Å². The van der Waals surface area contributed by atoms with Gasteiger partial charge in [-0.1, -0.05) is 48.5 Å². The Balaban J connectivity index is 1.86. The molecule has 0 aliphatic heterocycles. The van der Waals surface area contributed by atoms with E-state index in [1.54, 1.807) is 7.11 Å². The van der Waals surface area contributed by atoms with Crippen LogP contribution >= 0.6 is 0 Å². The van der Waals surface area contributed by atoms with Gasteiger partial charge < -0.3 is 9.72 Å². The van der Waals surface area contributed by atoms with Gasteiger partial charge in [0.25, 0.3) is 0 Å². The highest BCUT2D eigenvalue weighted by Gasteiger charge is 2.10. The molecule has 0 amide bonds. The number of hydrogen-bond donors (Lipinski definition) is 1. The minimum absolute atomic E-state index is 0.833. The van der Waals surface area contributed by atoms with Crippen molar-refractivity contribution in [2.75, 3.05) is 7.11 Å². The van der Waals surface area contributed by atoms with Gasteiger partial charge in [0.2, 0.25) is 0 Å². The number of rotatable bonds is 3. The van der Waals surface area contributed by atoms with Crippen molar-refractivity contribution in [1.29, 1.82) is 0 Å². The lowest BCUT2D eigenvalue weighted by atomic mass is 9.99. The second kappa shape index (κ2) is 5.23. The number of H-pyrrole nitrogens is 1. The van der Waals surface area contributed by atoms with Crippen LogP contribution in [0.2, 0.25) is 0 Å². The standard InChI is InChI=1S/C20H17NO/c1-22-20-11-10-14-6-2-4-8-17(14)18(20)13-16-12-15-7-3-5-9-19(15)21-16/h2-12,21H,13H2,1H3. The van der Waals surface area contributed by atoms with E-state index in [1.165, 1.54) is 32.9 Å². The fourth-order valence-electron chi connectivity index (χ4n) is 3.11. The number of benzene rings is 3. The minimum atomic E-state index is 0.833. The lowest BCUT2D eigenvalue weighted by Gasteiger charge is -2.11. The molecule has 0 atom stereocenters. The molecular formula is C20H17NO. The van der Waals surface area contributed by atoms with Crippen LogP contribution in [0.25, 0.3) is 21.7 Å². The van der Waals surface area contributed by atoms with Crippen molar-refractivity contribution in [3.05, 3.63) is 78.0 Å². The maximum atomic E-state index is 5.59. The van der Waals surface area contributed by atoms with Crippen LogP contribution in [0.5, 0.6) is 5.75 Å². The molecule has 108 valence electrons. The van der Waals surface area contributed by atoms with Gasteiger partial charge in [-0.25, -0.2) is 0 Å². The van der Waals surface area contributed by atoms with Crippen molar-refractivity contribution in [3.63, 3.8) is 0 Å². The maximum Gasteiger partial charge on any atom is 0.123 e. The zero-order valence-corrected chi connectivity index (χ0v) is 12.5. The third-order valence-electron chi connectivity index (χ3n) is 4.17. The van der Waals surface area contributed by atoms with Crippen molar-refractivity contribution in [1.82, 2.24) is 4.98 Å². The summed E-state index contributed by atoms with van der Waals surface area (Å²) in [4.78, 5) is 3.50. The Hall–Kier alpha value is -2.74. The van der Waals surface area contributed by atoms with E-state index in [1.807, 2.05) is 0 Å². The van der Waals surface area contributed by atoms with E-state index in [9.17, 15) is 0 Å². The zero-order valence-electron chi connectivity index (χ0n) is 12.5. The summed E-state index contributed by atoms with van der Waals surface area (Å²) in [6, 6.07) is 23.2. The highest BCUT2D eigenvalue weighted by molar-refractivity contribution is 5.88. The lowest BCUT2D eigenvalue weighted by Crippen LogP contribution is -1.95. The van der Waals surface area contributed by atoms with Crippen molar-refractivity contribution < 1.29 is 4.74 Å². The molecule has 0 radical (unpaired) electrons. The number of ether oxygens (including phenoxy) is 1. The largest absolute Gasteiger partial charge is 0.496 e. The average Bonchev–Trinajstić information content (AvgIpc) is 2.97. The van der Waals surface area contributed by atoms with E-state index in [0.29, 0.717) is 0 Å². The number of aromatic amines is 1. The second-order valence-corrected chi connectivity index (χ2v) is 5.53. The first-order valence-corrected chi connectivity index (χ1v) is 7.46. The summed E-state index contributed by atoms with van der Waals surface area (Å²) in [7, 11) is 1.73. The van der Waals surface area contributed by atoms with Gasteiger partial charge >= 0.3 is 0 Å². The highest BCUT2D eigenvalue weighted by atomic mass is 16.5. The molecule has 4 rings (SSSR count). The van der Waals surface area contributed by atoms with Crippen LogP contribution < -0.4 is 4.74 Å². The summed E-state index contributed by atoms with van der Waals surface area (Å²) in [6.07, 6.45) is 0.833. The van der Waals surface area contributed by atoms with Gasteiger partial charge in [-0.3, -0.25) is 0 Å². The molecule has 0 saturated heterocycles. The van der Waals surface area contributed by atoms with Crippen LogP contribution in [0, 0.1) is 0 Å². The summed E-state index contributed by atoms with van der Waals surface area (Å²) in [5.74, 6) is 0.942. The first kappa shape index (κ1) is 13.0. The number of aromatic nitrogens is 1. The molecule has 2 nitrogen and oxygen atoms in total. The maximum absolute atomic E-state index is 5.59. The van der Waals surface area contributed by atoms with E-state index >= 15 is 0 Å². The molecule has 0 saturated carbocycles. The third-order valence-corrected chi connectivity index (χ3v) is 4.17. The number of hydrogen-bond acceptors (Lipinski definition) is 1. The smallest absolute Gasteiger partial charge is 0.123 e. The van der Waals surface area contributed by atoms with Gasteiger partial charge in [-0.05, 0) is 34.4 Å². The molecule has 0 spiro atoms. The Bertz CT molecular complexity index is 919. The normalized spacial score (nSPS) is 11.1. The molecule has 1 aromatic heterocycles. The van der Waals surface area contributed by atoms with E-state index in [4.69, 9.17) is 4.74 Å². The molecule has 4 aromatic rings. The van der Waals surface area contributed by atoms with Gasteiger partial charge in [-0.15, -0.1) is 0 Å². The first-order chi connectivity index (χ1) is 10.8. The van der Waals surface area contributed by atoms with Gasteiger partial charge in [0.15, 0.2) is 0 Å². The number of para-hydroxylation sites is 1. The predicted octanol–water partition coefficient (Wildman–Crippen LogP) is 4.92. The second-order valence-electron chi connectivity index (χ2n) is 5.53. The Morgan fingerprint density at radius 2 is 1.64 bits per heavy atom. The Kier molecular flexibility index (Phi) is 3.08. The lowest BCUT2D eigenvalue weighted by molar-refractivity contribution is 0.411. The van der Waals surface area contributed by atoms with Crippen molar-refractivity contribution >= 4 is 21.7 Å². The molecule has 1 N–H and O–H groups in total. The number of nitrogens with one attached hydrogen (secondary N) is 1. The predicted molar refractivity (Wildman–Crippen MR) is 91.6 cm³/mol. The van der Waals surface area contributed by atoms with Crippen LogP contribution in [-0.4, -0.2) is 12.1 Å². The Morgan fingerprint density at radius 3 is 2.45 bits per heavy atom. The summed E-state index contributed by atoms with van der Waals surface area (Å²) >= 11 is 0. The van der Waals surface area contributed by atoms with E-state index in [2.05, 4.69) is 71.7 Å². The highest BCUT2D eigenvalue weighted by Crippen LogP contribution is 2.30. The minimum Gasteiger partial charge on any atom is -0.496 e. The molecule has 0 unspecified atom stereocenters. The Morgan fingerprint density at radius 1 is 0.864 bits per heavy atom. The molecule has 0 aliphatic rings. The quantitative estimate of drug-likeness (QED) is 0.568. The number of methoxy groups -OCH3 is 1. The van der Waals surface area contributed by atoms with Gasteiger partial charge in [0, 0.05) is 23.2 Å². The zero-order chi connectivity index (χ0) is 14.9. The van der Waals surface area contributed by atoms with Crippen LogP contribution in [-0.2, 0) is 6.42 Å². The topological polar surface area (TPSA) is 25.0 Å². The SMILES string of the molecule is COc1ccc2ccccc2c1Cc1cc2ccccc2[nH]1. The fourth-order valence-corrected chi connectivity index (χ4v) is 3.11. The molecule has 3 aromatic carbocycles. The Labute approximate surface area is 129 Å². The molecular weight excluding hydrogens is 270 g/mol. The summed E-state index contributed by atoms with van der Waals surface area (Å²) in [6.45, 7) is 0. The molecule has 0 bridgehead atoms. The third kappa shape index (κ3) is 2.13. The van der Waals surface area contributed by atoms with Gasteiger partial charge in [-0.2, -0.15) is 0 Å². The van der Waals surface area contributed by atoms with Crippen molar-refractivity contribution in [2.45, 2.75) is 6.42 Å². The fraction of sp³-hybridized carbons (Fsp3) is 0.100. The van der Waals surface area contributed by atoms with Crippen molar-refractivity contribution in [2.24, 2.45) is 0 Å². The van der Waals surface area contributed by atoms with Crippen LogP contribution in [0.4, 0.5) is 0 Å². The van der Waals surface area contributed by atoms with E-state index in [-0.39, 0.29) is 0 Å². The molecule has 0 fully saturated rings. The van der Waals surface area contributed by atoms with Gasteiger partial charge in [0.1, 0.15) is 5.75 Å². The molecule has 22 heavy (non-hydrogen) atoms. The van der Waals surface area contributed by atoms with Crippen LogP contribution in [0.15, 0.2) is 66.7 Å². The molecule has 2 heteroatoms. The average molecular weight is 287 g/mol. The first-order valence-electron chi connectivity index (χ1n) is 7.46. The number of fused-ring (bicyclic) bond motifs is 2.